The van der Waals surface area contributed by atoms with Crippen LogP contribution < -0.4 is 5.32 Å². The highest BCUT2D eigenvalue weighted by atomic mass is 35.5. The fraction of sp³-hybridized carbons (Fsp3) is 0.250. The highest BCUT2D eigenvalue weighted by Crippen LogP contribution is 2.09. The minimum absolute atomic E-state index is 0.0422. The third-order valence-electron chi connectivity index (χ3n) is 1.42. The fourth-order valence-corrected chi connectivity index (χ4v) is 0.978. The molecule has 0 aliphatic rings. The fourth-order valence-electron chi connectivity index (χ4n) is 0.831. The highest BCUT2D eigenvalue weighted by molar-refractivity contribution is 6.29. The molecule has 0 unspecified atom stereocenters. The number of carbonyl (C=O) groups is 1. The van der Waals surface area contributed by atoms with Gasteiger partial charge in [0.2, 0.25) is 0 Å². The first kappa shape index (κ1) is 10.9. The number of carbonyl (C=O) groups excluding carboxylic acids is 1. The molecule has 4 nitrogen and oxygen atoms in total. The quantitative estimate of drug-likeness (QED) is 0.731. The molecule has 0 aliphatic heterocycles. The van der Waals surface area contributed by atoms with Crippen LogP contribution in [0.25, 0.3) is 0 Å². The zero-order valence-corrected chi connectivity index (χ0v) is 7.88. The van der Waals surface area contributed by atoms with Crippen molar-refractivity contribution in [1.82, 2.24) is 10.3 Å². The first-order valence-corrected chi connectivity index (χ1v) is 4.24. The lowest BCUT2D eigenvalue weighted by Gasteiger charge is -2.03. The molecule has 0 aromatic carbocycles. The lowest BCUT2D eigenvalue weighted by Crippen LogP contribution is -2.28. The van der Waals surface area contributed by atoms with E-state index in [1.54, 1.807) is 0 Å². The van der Waals surface area contributed by atoms with Crippen LogP contribution in [0.5, 0.6) is 0 Å². The Labute approximate surface area is 84.7 Å². The van der Waals surface area contributed by atoms with E-state index < -0.39 is 11.7 Å². The Morgan fingerprint density at radius 3 is 3.00 bits per heavy atom. The van der Waals surface area contributed by atoms with Crippen LogP contribution in [-0.2, 0) is 0 Å². The summed E-state index contributed by atoms with van der Waals surface area (Å²) in [4.78, 5) is 14.7. The van der Waals surface area contributed by atoms with E-state index in [4.69, 9.17) is 16.7 Å². The highest BCUT2D eigenvalue weighted by Gasteiger charge is 2.13. The standard InChI is InChI=1S/C8H8ClFN2O2/c9-6-2-1-5(10)7(12-6)8(14)11-3-4-13/h1-2,13H,3-4H2,(H,11,14). The maximum atomic E-state index is 13.0. The number of aliphatic hydroxyl groups excluding tert-OH is 1. The van der Waals surface area contributed by atoms with Gasteiger partial charge in [-0.15, -0.1) is 0 Å². The average Bonchev–Trinajstić information content (AvgIpc) is 2.18. The van der Waals surface area contributed by atoms with Crippen molar-refractivity contribution in [2.75, 3.05) is 13.2 Å². The second-order valence-electron chi connectivity index (χ2n) is 2.44. The van der Waals surface area contributed by atoms with Crippen LogP contribution in [0.2, 0.25) is 5.15 Å². The molecule has 0 spiro atoms. The van der Waals surface area contributed by atoms with Crippen molar-refractivity contribution in [3.63, 3.8) is 0 Å². The van der Waals surface area contributed by atoms with Crippen LogP contribution in [0.15, 0.2) is 12.1 Å². The van der Waals surface area contributed by atoms with Gasteiger partial charge in [0.1, 0.15) is 5.15 Å². The largest absolute Gasteiger partial charge is 0.395 e. The number of aliphatic hydroxyl groups is 1. The number of hydrogen-bond acceptors (Lipinski definition) is 3. The Balaban J connectivity index is 2.83. The molecule has 1 amide bonds. The molecular weight excluding hydrogens is 211 g/mol. The number of halogens is 2. The van der Waals surface area contributed by atoms with Crippen LogP contribution >= 0.6 is 11.6 Å². The molecule has 1 heterocycles. The summed E-state index contributed by atoms with van der Waals surface area (Å²) in [5, 5.41) is 10.7. The van der Waals surface area contributed by atoms with E-state index in [0.717, 1.165) is 6.07 Å². The molecule has 1 rings (SSSR count). The van der Waals surface area contributed by atoms with Gasteiger partial charge in [-0.2, -0.15) is 0 Å². The first-order chi connectivity index (χ1) is 6.65. The number of rotatable bonds is 3. The van der Waals surface area contributed by atoms with Gasteiger partial charge >= 0.3 is 0 Å². The summed E-state index contributed by atoms with van der Waals surface area (Å²) in [6.45, 7) is -0.166. The van der Waals surface area contributed by atoms with Crippen molar-refractivity contribution in [3.8, 4) is 0 Å². The van der Waals surface area contributed by atoms with Gasteiger partial charge in [-0.25, -0.2) is 9.37 Å². The number of hydrogen-bond donors (Lipinski definition) is 2. The normalized spacial score (nSPS) is 9.93. The topological polar surface area (TPSA) is 62.2 Å². The molecule has 1 aromatic heterocycles. The van der Waals surface area contributed by atoms with Gasteiger partial charge in [0, 0.05) is 6.54 Å². The van der Waals surface area contributed by atoms with Crippen LogP contribution in [0.4, 0.5) is 4.39 Å². The molecule has 6 heteroatoms. The molecule has 76 valence electrons. The maximum Gasteiger partial charge on any atom is 0.273 e. The van der Waals surface area contributed by atoms with Gasteiger partial charge in [-0.1, -0.05) is 11.6 Å². The van der Waals surface area contributed by atoms with Gasteiger partial charge in [-0.3, -0.25) is 4.79 Å². The molecular formula is C8H8ClFN2O2. The molecule has 0 aliphatic carbocycles. The van der Waals surface area contributed by atoms with Gasteiger partial charge in [0.25, 0.3) is 5.91 Å². The van der Waals surface area contributed by atoms with Crippen LogP contribution in [-0.4, -0.2) is 29.1 Å². The van der Waals surface area contributed by atoms with Gasteiger partial charge in [-0.05, 0) is 12.1 Å². The smallest absolute Gasteiger partial charge is 0.273 e. The molecule has 0 bridgehead atoms. The summed E-state index contributed by atoms with van der Waals surface area (Å²) in [6, 6.07) is 2.31. The zero-order chi connectivity index (χ0) is 10.6. The van der Waals surface area contributed by atoms with Gasteiger partial charge < -0.3 is 10.4 Å². The minimum atomic E-state index is -0.746. The van der Waals surface area contributed by atoms with Gasteiger partial charge in [0.15, 0.2) is 11.5 Å². The molecule has 0 radical (unpaired) electrons. The van der Waals surface area contributed by atoms with Crippen molar-refractivity contribution in [3.05, 3.63) is 28.8 Å². The van der Waals surface area contributed by atoms with E-state index in [1.165, 1.54) is 6.07 Å². The average molecular weight is 219 g/mol. The maximum absolute atomic E-state index is 13.0. The molecule has 0 fully saturated rings. The second-order valence-corrected chi connectivity index (χ2v) is 2.83. The number of aromatic nitrogens is 1. The van der Waals surface area contributed by atoms with Crippen molar-refractivity contribution in [1.29, 1.82) is 0 Å². The summed E-state index contributed by atoms with van der Waals surface area (Å²) in [6.07, 6.45) is 0. The monoisotopic (exact) mass is 218 g/mol. The molecule has 0 saturated carbocycles. The number of amides is 1. The second kappa shape index (κ2) is 4.88. The summed E-state index contributed by atoms with van der Waals surface area (Å²) in [5.74, 6) is -1.44. The van der Waals surface area contributed by atoms with Gasteiger partial charge in [0.05, 0.1) is 6.61 Å². The summed E-state index contributed by atoms with van der Waals surface area (Å²) < 4.78 is 13.0. The van der Waals surface area contributed by atoms with E-state index in [9.17, 15) is 9.18 Å². The Morgan fingerprint density at radius 2 is 2.36 bits per heavy atom. The molecule has 0 saturated heterocycles. The summed E-state index contributed by atoms with van der Waals surface area (Å²) in [7, 11) is 0. The van der Waals surface area contributed by atoms with Crippen molar-refractivity contribution in [2.24, 2.45) is 0 Å². The Hall–Kier alpha value is -1.20. The van der Waals surface area contributed by atoms with E-state index >= 15 is 0 Å². The first-order valence-electron chi connectivity index (χ1n) is 3.86. The molecule has 1 aromatic rings. The summed E-state index contributed by atoms with van der Waals surface area (Å²) in [5.41, 5.74) is -0.369. The third kappa shape index (κ3) is 2.65. The Bertz CT molecular complexity index is 346. The third-order valence-corrected chi connectivity index (χ3v) is 1.63. The van der Waals surface area contributed by atoms with Crippen LogP contribution in [0.1, 0.15) is 10.5 Å². The Kier molecular flexibility index (Phi) is 3.79. The molecule has 2 N–H and O–H groups in total. The van der Waals surface area contributed by atoms with Crippen molar-refractivity contribution in [2.45, 2.75) is 0 Å². The predicted molar refractivity (Wildman–Crippen MR) is 48.6 cm³/mol. The van der Waals surface area contributed by atoms with Crippen molar-refractivity contribution < 1.29 is 14.3 Å². The lowest BCUT2D eigenvalue weighted by molar-refractivity contribution is 0.0935. The van der Waals surface area contributed by atoms with E-state index in [1.807, 2.05) is 0 Å². The lowest BCUT2D eigenvalue weighted by atomic mass is 10.3. The minimum Gasteiger partial charge on any atom is -0.395 e. The van der Waals surface area contributed by atoms with E-state index in [0.29, 0.717) is 0 Å². The number of nitrogens with one attached hydrogen (secondary N) is 1. The van der Waals surface area contributed by atoms with E-state index in [-0.39, 0.29) is 24.0 Å². The van der Waals surface area contributed by atoms with Crippen LogP contribution in [0.3, 0.4) is 0 Å². The molecule has 0 atom stereocenters. The van der Waals surface area contributed by atoms with E-state index in [2.05, 4.69) is 10.3 Å². The zero-order valence-electron chi connectivity index (χ0n) is 7.13. The predicted octanol–water partition coefficient (Wildman–Crippen LogP) is 0.596. The number of pyridine rings is 1. The Morgan fingerprint density at radius 1 is 1.64 bits per heavy atom. The number of nitrogens with zero attached hydrogens (tertiary/aromatic N) is 1. The SMILES string of the molecule is O=C(NCCO)c1nc(Cl)ccc1F. The van der Waals surface area contributed by atoms with Crippen LogP contribution in [0, 0.1) is 5.82 Å². The molecule has 14 heavy (non-hydrogen) atoms. The van der Waals surface area contributed by atoms with Crippen molar-refractivity contribution >= 4 is 17.5 Å². The summed E-state index contributed by atoms with van der Waals surface area (Å²) >= 11 is 5.49.